The molecule has 1 unspecified atom stereocenters. The number of hydrogen-bond acceptors (Lipinski definition) is 3. The first-order valence-corrected chi connectivity index (χ1v) is 6.91. The molecule has 0 saturated carbocycles. The summed E-state index contributed by atoms with van der Waals surface area (Å²) in [6.07, 6.45) is 2.56. The van der Waals surface area contributed by atoms with E-state index in [-0.39, 0.29) is 17.5 Å². The van der Waals surface area contributed by atoms with Crippen molar-refractivity contribution in [2.75, 3.05) is 6.61 Å². The Hall–Kier alpha value is -1.51. The Morgan fingerprint density at radius 2 is 2.11 bits per heavy atom. The number of aryl methyl sites for hydroxylation is 2. The predicted octanol–water partition coefficient (Wildman–Crippen LogP) is 3.65. The molecule has 1 aromatic rings. The predicted molar refractivity (Wildman–Crippen MR) is 76.8 cm³/mol. The van der Waals surface area contributed by atoms with Crippen molar-refractivity contribution < 1.29 is 14.6 Å². The van der Waals surface area contributed by atoms with Gasteiger partial charge in [0.15, 0.2) is 11.5 Å². The van der Waals surface area contributed by atoms with Gasteiger partial charge in [-0.2, -0.15) is 0 Å². The second-order valence-electron chi connectivity index (χ2n) is 5.16. The minimum atomic E-state index is 0.0779. The largest absolute Gasteiger partial charge is 0.504 e. The summed E-state index contributed by atoms with van der Waals surface area (Å²) in [4.78, 5) is 11.2. The molecule has 0 aliphatic rings. The summed E-state index contributed by atoms with van der Waals surface area (Å²) in [5.41, 5.74) is 1.92. The van der Waals surface area contributed by atoms with Crippen LogP contribution in [-0.4, -0.2) is 17.5 Å². The topological polar surface area (TPSA) is 46.5 Å². The number of ether oxygens (including phenoxy) is 1. The van der Waals surface area contributed by atoms with Gasteiger partial charge < -0.3 is 9.84 Å². The Kier molecular flexibility index (Phi) is 5.87. The number of carbonyl (C=O) groups excluding carboxylic acids is 1. The van der Waals surface area contributed by atoms with Crippen molar-refractivity contribution in [3.63, 3.8) is 0 Å². The average Bonchev–Trinajstić information content (AvgIpc) is 2.37. The van der Waals surface area contributed by atoms with Crippen molar-refractivity contribution in [3.05, 3.63) is 23.3 Å². The SMILES string of the molecule is CCCOc1cc(CCC(C)C(C)=O)cc(C)c1O. The smallest absolute Gasteiger partial charge is 0.161 e. The normalized spacial score (nSPS) is 12.2. The van der Waals surface area contributed by atoms with Crippen LogP contribution in [0, 0.1) is 12.8 Å². The number of phenolic OH excluding ortho intramolecular Hbond substituents is 1. The molecule has 3 nitrogen and oxygen atoms in total. The van der Waals surface area contributed by atoms with Crippen LogP contribution in [0.15, 0.2) is 12.1 Å². The first kappa shape index (κ1) is 15.5. The molecule has 0 amide bonds. The van der Waals surface area contributed by atoms with Crippen LogP contribution in [0.25, 0.3) is 0 Å². The third-order valence-corrected chi connectivity index (χ3v) is 3.35. The second kappa shape index (κ2) is 7.17. The van der Waals surface area contributed by atoms with E-state index < -0.39 is 0 Å². The number of hydrogen-bond donors (Lipinski definition) is 1. The maximum Gasteiger partial charge on any atom is 0.161 e. The molecule has 3 heteroatoms. The number of Topliss-reactive ketones (excluding diaryl/α,β-unsaturated/α-hetero) is 1. The Bertz CT molecular complexity index is 438. The summed E-state index contributed by atoms with van der Waals surface area (Å²) < 4.78 is 5.54. The first-order valence-electron chi connectivity index (χ1n) is 6.91. The number of rotatable bonds is 7. The van der Waals surface area contributed by atoms with E-state index in [9.17, 15) is 9.90 Å². The lowest BCUT2D eigenvalue weighted by molar-refractivity contribution is -0.120. The van der Waals surface area contributed by atoms with Gasteiger partial charge in [0.2, 0.25) is 0 Å². The van der Waals surface area contributed by atoms with Crippen molar-refractivity contribution in [1.29, 1.82) is 0 Å². The summed E-state index contributed by atoms with van der Waals surface area (Å²) in [6, 6.07) is 3.84. The van der Waals surface area contributed by atoms with Crippen molar-refractivity contribution in [3.8, 4) is 11.5 Å². The van der Waals surface area contributed by atoms with Gasteiger partial charge in [-0.15, -0.1) is 0 Å². The lowest BCUT2D eigenvalue weighted by Crippen LogP contribution is -2.07. The van der Waals surface area contributed by atoms with Gasteiger partial charge in [0, 0.05) is 5.92 Å². The molecule has 0 saturated heterocycles. The van der Waals surface area contributed by atoms with Gasteiger partial charge in [-0.1, -0.05) is 19.9 Å². The molecule has 0 aliphatic heterocycles. The van der Waals surface area contributed by atoms with Gasteiger partial charge in [0.25, 0.3) is 0 Å². The van der Waals surface area contributed by atoms with Gasteiger partial charge in [-0.3, -0.25) is 4.79 Å². The summed E-state index contributed by atoms with van der Waals surface area (Å²) in [7, 11) is 0. The van der Waals surface area contributed by atoms with Crippen molar-refractivity contribution in [2.24, 2.45) is 5.92 Å². The minimum Gasteiger partial charge on any atom is -0.504 e. The summed E-state index contributed by atoms with van der Waals surface area (Å²) in [5.74, 6) is 1.07. The molecule has 0 fully saturated rings. The van der Waals surface area contributed by atoms with Crippen LogP contribution in [0.1, 0.15) is 44.7 Å². The molecule has 0 heterocycles. The van der Waals surface area contributed by atoms with E-state index in [0.29, 0.717) is 12.4 Å². The Balaban J connectivity index is 2.78. The fourth-order valence-electron chi connectivity index (χ4n) is 1.87. The third-order valence-electron chi connectivity index (χ3n) is 3.35. The maximum absolute atomic E-state index is 11.2. The molecule has 1 N–H and O–H groups in total. The van der Waals surface area contributed by atoms with E-state index >= 15 is 0 Å². The van der Waals surface area contributed by atoms with Crippen LogP contribution in [0.5, 0.6) is 11.5 Å². The molecule has 1 rings (SSSR count). The Morgan fingerprint density at radius 1 is 1.42 bits per heavy atom. The summed E-state index contributed by atoms with van der Waals surface area (Å²) >= 11 is 0. The molecule has 106 valence electrons. The average molecular weight is 264 g/mol. The summed E-state index contributed by atoms with van der Waals surface area (Å²) in [6.45, 7) is 8.07. The standard InChI is InChI=1S/C16H24O3/c1-5-8-19-15-10-14(9-12(3)16(15)18)7-6-11(2)13(4)17/h9-11,18H,5-8H2,1-4H3. The number of carbonyl (C=O) groups is 1. The van der Waals surface area contributed by atoms with Crippen molar-refractivity contribution >= 4 is 5.78 Å². The number of ketones is 1. The van der Waals surface area contributed by atoms with E-state index in [0.717, 1.165) is 30.4 Å². The first-order chi connectivity index (χ1) is 8.95. The zero-order chi connectivity index (χ0) is 14.4. The highest BCUT2D eigenvalue weighted by atomic mass is 16.5. The van der Waals surface area contributed by atoms with Gasteiger partial charge in [0.05, 0.1) is 6.61 Å². The maximum atomic E-state index is 11.2. The van der Waals surface area contributed by atoms with Crippen LogP contribution in [0.3, 0.4) is 0 Å². The third kappa shape index (κ3) is 4.58. The molecule has 0 aliphatic carbocycles. The molecular formula is C16H24O3. The van der Waals surface area contributed by atoms with Crippen LogP contribution in [0.4, 0.5) is 0 Å². The molecule has 0 radical (unpaired) electrons. The quantitative estimate of drug-likeness (QED) is 0.817. The van der Waals surface area contributed by atoms with Crippen LogP contribution < -0.4 is 4.74 Å². The van der Waals surface area contributed by atoms with Crippen LogP contribution in [-0.2, 0) is 11.2 Å². The molecule has 0 bridgehead atoms. The fourth-order valence-corrected chi connectivity index (χ4v) is 1.87. The zero-order valence-electron chi connectivity index (χ0n) is 12.3. The van der Waals surface area contributed by atoms with E-state index in [1.165, 1.54) is 0 Å². The van der Waals surface area contributed by atoms with E-state index in [1.54, 1.807) is 6.92 Å². The number of phenols is 1. The molecule has 0 aromatic heterocycles. The minimum absolute atomic E-state index is 0.0779. The number of aromatic hydroxyl groups is 1. The fraction of sp³-hybridized carbons (Fsp3) is 0.562. The molecule has 0 spiro atoms. The highest BCUT2D eigenvalue weighted by molar-refractivity contribution is 5.77. The summed E-state index contributed by atoms with van der Waals surface area (Å²) in [5, 5.41) is 9.94. The van der Waals surface area contributed by atoms with E-state index in [2.05, 4.69) is 0 Å². The van der Waals surface area contributed by atoms with E-state index in [1.807, 2.05) is 32.9 Å². The lowest BCUT2D eigenvalue weighted by Gasteiger charge is -2.13. The monoisotopic (exact) mass is 264 g/mol. The zero-order valence-corrected chi connectivity index (χ0v) is 12.3. The van der Waals surface area contributed by atoms with Crippen LogP contribution in [0.2, 0.25) is 0 Å². The highest BCUT2D eigenvalue weighted by Crippen LogP contribution is 2.32. The molecule has 19 heavy (non-hydrogen) atoms. The molecular weight excluding hydrogens is 240 g/mol. The highest BCUT2D eigenvalue weighted by Gasteiger charge is 2.11. The van der Waals surface area contributed by atoms with Gasteiger partial charge in [-0.05, 0) is 50.3 Å². The Labute approximate surface area is 115 Å². The Morgan fingerprint density at radius 3 is 2.68 bits per heavy atom. The second-order valence-corrected chi connectivity index (χ2v) is 5.16. The lowest BCUT2D eigenvalue weighted by atomic mass is 9.97. The van der Waals surface area contributed by atoms with E-state index in [4.69, 9.17) is 4.74 Å². The molecule has 1 aromatic carbocycles. The van der Waals surface area contributed by atoms with Crippen molar-refractivity contribution in [1.82, 2.24) is 0 Å². The van der Waals surface area contributed by atoms with Gasteiger partial charge in [0.1, 0.15) is 5.78 Å². The number of benzene rings is 1. The van der Waals surface area contributed by atoms with Crippen molar-refractivity contribution in [2.45, 2.75) is 47.0 Å². The van der Waals surface area contributed by atoms with Gasteiger partial charge >= 0.3 is 0 Å². The van der Waals surface area contributed by atoms with Gasteiger partial charge in [-0.25, -0.2) is 0 Å². The van der Waals surface area contributed by atoms with Crippen LogP contribution >= 0.6 is 0 Å². The molecule has 1 atom stereocenters.